The van der Waals surface area contributed by atoms with Crippen molar-refractivity contribution in [3.8, 4) is 0 Å². The Kier molecular flexibility index (Phi) is 4.95. The monoisotopic (exact) mass is 356 g/mol. The number of anilines is 1. The van der Waals surface area contributed by atoms with E-state index in [2.05, 4.69) is 12.2 Å². The minimum absolute atomic E-state index is 0.0359. The second kappa shape index (κ2) is 7.00. The van der Waals surface area contributed by atoms with Gasteiger partial charge in [-0.2, -0.15) is 0 Å². The topological polar surface area (TPSA) is 49.4 Å². The fourth-order valence-electron chi connectivity index (χ4n) is 3.17. The van der Waals surface area contributed by atoms with Crippen LogP contribution in [0.5, 0.6) is 0 Å². The summed E-state index contributed by atoms with van der Waals surface area (Å²) in [4.78, 5) is 28.2. The number of aryl methyl sites for hydroxylation is 1. The zero-order chi connectivity index (χ0) is 18.1. The van der Waals surface area contributed by atoms with Gasteiger partial charge in [0.15, 0.2) is 0 Å². The fourth-order valence-corrected chi connectivity index (χ4v) is 4.57. The Labute approximate surface area is 152 Å². The molecule has 4 nitrogen and oxygen atoms in total. The first kappa shape index (κ1) is 17.7. The van der Waals surface area contributed by atoms with Crippen molar-refractivity contribution in [3.05, 3.63) is 51.4 Å². The van der Waals surface area contributed by atoms with Crippen LogP contribution in [0.2, 0.25) is 0 Å². The third kappa shape index (κ3) is 3.61. The molecule has 0 spiro atoms. The Morgan fingerprint density at radius 1 is 1.20 bits per heavy atom. The first-order chi connectivity index (χ1) is 11.9. The van der Waals surface area contributed by atoms with E-state index in [1.165, 1.54) is 4.88 Å². The molecule has 3 rings (SSSR count). The average molecular weight is 356 g/mol. The molecular formula is C20H24N2O2S. The minimum Gasteiger partial charge on any atom is -0.345 e. The normalized spacial score (nSPS) is 16.2. The summed E-state index contributed by atoms with van der Waals surface area (Å²) in [5.41, 5.74) is 3.52. The molecule has 1 N–H and O–H groups in total. The number of fused-ring (bicyclic) bond motifs is 1. The number of nitrogens with one attached hydrogen (secondary N) is 1. The maximum Gasteiger partial charge on any atom is 0.256 e. The molecule has 1 aromatic heterocycles. The molecule has 1 atom stereocenters. The molecule has 0 fully saturated rings. The van der Waals surface area contributed by atoms with Gasteiger partial charge < -0.3 is 10.2 Å². The van der Waals surface area contributed by atoms with Crippen LogP contribution in [0, 0.1) is 12.8 Å². The molecule has 0 bridgehead atoms. The van der Waals surface area contributed by atoms with Crippen LogP contribution in [-0.2, 0) is 12.8 Å². The van der Waals surface area contributed by atoms with Crippen molar-refractivity contribution in [1.29, 1.82) is 0 Å². The number of thiophene rings is 1. The molecule has 2 amide bonds. The van der Waals surface area contributed by atoms with Crippen molar-refractivity contribution >= 4 is 28.2 Å². The zero-order valence-corrected chi connectivity index (χ0v) is 16.0. The SMILES string of the molecule is Cc1ccc(C(=O)Nc2sc3c(c2C(=O)N(C)C)CCC(C)C3)cc1. The van der Waals surface area contributed by atoms with E-state index in [0.717, 1.165) is 30.4 Å². The average Bonchev–Trinajstić information content (AvgIpc) is 2.91. The predicted molar refractivity (Wildman–Crippen MR) is 103 cm³/mol. The fraction of sp³-hybridized carbons (Fsp3) is 0.400. The molecule has 1 aliphatic carbocycles. The Balaban J connectivity index is 1.96. The lowest BCUT2D eigenvalue weighted by atomic mass is 9.88. The van der Waals surface area contributed by atoms with Crippen LogP contribution < -0.4 is 5.32 Å². The summed E-state index contributed by atoms with van der Waals surface area (Å²) in [5.74, 6) is 0.416. The molecular weight excluding hydrogens is 332 g/mol. The van der Waals surface area contributed by atoms with Crippen molar-refractivity contribution in [2.24, 2.45) is 5.92 Å². The molecule has 0 saturated carbocycles. The van der Waals surface area contributed by atoms with Gasteiger partial charge in [-0.15, -0.1) is 11.3 Å². The number of rotatable bonds is 3. The van der Waals surface area contributed by atoms with Crippen molar-refractivity contribution in [2.75, 3.05) is 19.4 Å². The lowest BCUT2D eigenvalue weighted by Crippen LogP contribution is -2.25. The molecule has 2 aromatic rings. The van der Waals surface area contributed by atoms with Crippen LogP contribution in [0.15, 0.2) is 24.3 Å². The second-order valence-electron chi connectivity index (χ2n) is 7.08. The van der Waals surface area contributed by atoms with Crippen molar-refractivity contribution in [2.45, 2.75) is 33.1 Å². The highest BCUT2D eigenvalue weighted by molar-refractivity contribution is 7.17. The first-order valence-corrected chi connectivity index (χ1v) is 9.42. The number of hydrogen-bond donors (Lipinski definition) is 1. The lowest BCUT2D eigenvalue weighted by molar-refractivity contribution is 0.0827. The van der Waals surface area contributed by atoms with Crippen molar-refractivity contribution in [3.63, 3.8) is 0 Å². The van der Waals surface area contributed by atoms with Gasteiger partial charge in [0, 0.05) is 24.5 Å². The second-order valence-corrected chi connectivity index (χ2v) is 8.18. The van der Waals surface area contributed by atoms with E-state index in [4.69, 9.17) is 0 Å². The van der Waals surface area contributed by atoms with E-state index < -0.39 is 0 Å². The van der Waals surface area contributed by atoms with E-state index in [1.54, 1.807) is 30.3 Å². The van der Waals surface area contributed by atoms with Crippen LogP contribution in [0.25, 0.3) is 0 Å². The van der Waals surface area contributed by atoms with Crippen molar-refractivity contribution < 1.29 is 9.59 Å². The smallest absolute Gasteiger partial charge is 0.256 e. The number of nitrogens with zero attached hydrogens (tertiary/aromatic N) is 1. The third-order valence-electron chi connectivity index (χ3n) is 4.67. The van der Waals surface area contributed by atoms with Gasteiger partial charge in [-0.3, -0.25) is 9.59 Å². The zero-order valence-electron chi connectivity index (χ0n) is 15.2. The number of benzene rings is 1. The van der Waals surface area contributed by atoms with E-state index in [9.17, 15) is 9.59 Å². The van der Waals surface area contributed by atoms with Crippen LogP contribution in [0.4, 0.5) is 5.00 Å². The summed E-state index contributed by atoms with van der Waals surface area (Å²) in [6.07, 6.45) is 2.97. The van der Waals surface area contributed by atoms with Gasteiger partial charge in [0.05, 0.1) is 5.56 Å². The summed E-state index contributed by atoms with van der Waals surface area (Å²) >= 11 is 1.56. The molecule has 132 valence electrons. The quantitative estimate of drug-likeness (QED) is 0.899. The Morgan fingerprint density at radius 2 is 1.88 bits per heavy atom. The molecule has 0 radical (unpaired) electrons. The molecule has 1 heterocycles. The summed E-state index contributed by atoms with van der Waals surface area (Å²) in [7, 11) is 3.51. The van der Waals surface area contributed by atoms with E-state index in [1.807, 2.05) is 31.2 Å². The van der Waals surface area contributed by atoms with E-state index in [0.29, 0.717) is 22.0 Å². The first-order valence-electron chi connectivity index (χ1n) is 8.61. The minimum atomic E-state index is -0.167. The summed E-state index contributed by atoms with van der Waals surface area (Å²) in [6, 6.07) is 7.46. The maximum atomic E-state index is 12.7. The maximum absolute atomic E-state index is 12.7. The molecule has 25 heavy (non-hydrogen) atoms. The predicted octanol–water partition coefficient (Wildman–Crippen LogP) is 4.14. The molecule has 0 saturated heterocycles. The van der Waals surface area contributed by atoms with Gasteiger partial charge >= 0.3 is 0 Å². The number of carbonyl (C=O) groups is 2. The summed E-state index contributed by atoms with van der Waals surface area (Å²) in [5, 5.41) is 3.67. The van der Waals surface area contributed by atoms with Gasteiger partial charge in [0.1, 0.15) is 5.00 Å². The van der Waals surface area contributed by atoms with Crippen LogP contribution in [-0.4, -0.2) is 30.8 Å². The van der Waals surface area contributed by atoms with Crippen molar-refractivity contribution in [1.82, 2.24) is 4.90 Å². The van der Waals surface area contributed by atoms with E-state index in [-0.39, 0.29) is 11.8 Å². The highest BCUT2D eigenvalue weighted by atomic mass is 32.1. The molecule has 5 heteroatoms. The third-order valence-corrected chi connectivity index (χ3v) is 5.84. The summed E-state index contributed by atoms with van der Waals surface area (Å²) in [6.45, 7) is 4.23. The Hall–Kier alpha value is -2.14. The number of amides is 2. The van der Waals surface area contributed by atoms with Gasteiger partial charge in [-0.25, -0.2) is 0 Å². The van der Waals surface area contributed by atoms with Gasteiger partial charge in [-0.05, 0) is 49.8 Å². The van der Waals surface area contributed by atoms with Crippen LogP contribution in [0.3, 0.4) is 0 Å². The van der Waals surface area contributed by atoms with Gasteiger partial charge in [-0.1, -0.05) is 24.6 Å². The number of carbonyl (C=O) groups excluding carboxylic acids is 2. The van der Waals surface area contributed by atoms with Crippen LogP contribution in [0.1, 0.15) is 50.1 Å². The lowest BCUT2D eigenvalue weighted by Gasteiger charge is -2.19. The largest absolute Gasteiger partial charge is 0.345 e. The highest BCUT2D eigenvalue weighted by Gasteiger charge is 2.29. The highest BCUT2D eigenvalue weighted by Crippen LogP contribution is 2.40. The Morgan fingerprint density at radius 3 is 2.52 bits per heavy atom. The van der Waals surface area contributed by atoms with Gasteiger partial charge in [0.25, 0.3) is 11.8 Å². The van der Waals surface area contributed by atoms with Crippen LogP contribution >= 0.6 is 11.3 Å². The molecule has 0 aliphatic heterocycles. The standard InChI is InChI=1S/C20H24N2O2S/c1-12-5-8-14(9-6-12)18(23)21-19-17(20(24)22(3)4)15-10-7-13(2)11-16(15)25-19/h5-6,8-9,13H,7,10-11H2,1-4H3,(H,21,23). The molecule has 1 unspecified atom stereocenters. The van der Waals surface area contributed by atoms with E-state index >= 15 is 0 Å². The summed E-state index contributed by atoms with van der Waals surface area (Å²) < 4.78 is 0. The van der Waals surface area contributed by atoms with Gasteiger partial charge in [0.2, 0.25) is 0 Å². The molecule has 1 aromatic carbocycles. The molecule has 1 aliphatic rings. The number of hydrogen-bond acceptors (Lipinski definition) is 3. The Bertz CT molecular complexity index is 806.